The molecule has 1 N–H and O–H groups in total. The summed E-state index contributed by atoms with van der Waals surface area (Å²) < 4.78 is 10.3. The molecule has 0 fully saturated rings. The molecule has 0 saturated carbocycles. The fourth-order valence-corrected chi connectivity index (χ4v) is 1.30. The molecule has 0 aliphatic carbocycles. The van der Waals surface area contributed by atoms with Crippen molar-refractivity contribution in [2.45, 2.75) is 6.61 Å². The number of carboxylic acids is 1. The Morgan fingerprint density at radius 3 is 2.89 bits per heavy atom. The number of ether oxygens (including phenoxy) is 1. The van der Waals surface area contributed by atoms with Crippen LogP contribution in [0.15, 0.2) is 47.0 Å². The van der Waals surface area contributed by atoms with Crippen LogP contribution >= 0.6 is 0 Å². The summed E-state index contributed by atoms with van der Waals surface area (Å²) in [5, 5.41) is 12.1. The van der Waals surface area contributed by atoms with Crippen molar-refractivity contribution in [2.24, 2.45) is 0 Å². The normalized spacial score (nSPS) is 10.7. The monoisotopic (exact) mass is 245 g/mol. The van der Waals surface area contributed by atoms with E-state index in [4.69, 9.17) is 14.4 Å². The second-order valence-corrected chi connectivity index (χ2v) is 3.51. The highest BCUT2D eigenvalue weighted by Gasteiger charge is 2.03. The molecule has 0 saturated heterocycles. The zero-order valence-electron chi connectivity index (χ0n) is 9.45. The summed E-state index contributed by atoms with van der Waals surface area (Å²) in [6.07, 6.45) is 2.28. The molecule has 0 aliphatic heterocycles. The van der Waals surface area contributed by atoms with E-state index in [-0.39, 0.29) is 0 Å². The minimum absolute atomic E-state index is 0.323. The highest BCUT2D eigenvalue weighted by molar-refractivity contribution is 5.84. The summed E-state index contributed by atoms with van der Waals surface area (Å²) >= 11 is 0. The van der Waals surface area contributed by atoms with E-state index in [1.54, 1.807) is 0 Å². The lowest BCUT2D eigenvalue weighted by Crippen LogP contribution is -1.94. The van der Waals surface area contributed by atoms with Gasteiger partial charge in [-0.15, -0.1) is 0 Å². The molecule has 0 spiro atoms. The second-order valence-electron chi connectivity index (χ2n) is 3.51. The molecule has 0 atom stereocenters. The predicted molar refractivity (Wildman–Crippen MR) is 63.9 cm³/mol. The number of benzene rings is 1. The van der Waals surface area contributed by atoms with Crippen molar-refractivity contribution in [2.75, 3.05) is 0 Å². The van der Waals surface area contributed by atoms with Gasteiger partial charge < -0.3 is 14.4 Å². The van der Waals surface area contributed by atoms with Gasteiger partial charge in [0.1, 0.15) is 6.61 Å². The van der Waals surface area contributed by atoms with Crippen molar-refractivity contribution in [1.29, 1.82) is 0 Å². The Morgan fingerprint density at radius 2 is 2.17 bits per heavy atom. The quantitative estimate of drug-likeness (QED) is 0.818. The average molecular weight is 245 g/mol. The maximum Gasteiger partial charge on any atom is 0.328 e. The van der Waals surface area contributed by atoms with Crippen LogP contribution in [0.4, 0.5) is 0 Å². The zero-order valence-corrected chi connectivity index (χ0v) is 9.45. The topological polar surface area (TPSA) is 72.6 Å². The molecule has 0 amide bonds. The first kappa shape index (κ1) is 11.9. The van der Waals surface area contributed by atoms with Crippen LogP contribution in [0.2, 0.25) is 0 Å². The van der Waals surface area contributed by atoms with Crippen LogP contribution in [0, 0.1) is 0 Å². The number of carboxylic acid groups (broad SMARTS) is 1. The number of hydrogen-bond donors (Lipinski definition) is 1. The SMILES string of the molecule is O=C(O)/C=C/c1cc(OCc2ccccc2)no1. The number of carbonyl (C=O) groups is 1. The van der Waals surface area contributed by atoms with Crippen molar-refractivity contribution >= 4 is 12.0 Å². The molecule has 0 radical (unpaired) electrons. The first-order valence-electron chi connectivity index (χ1n) is 5.28. The molecule has 0 bridgehead atoms. The summed E-state index contributed by atoms with van der Waals surface area (Å²) in [6, 6.07) is 11.2. The van der Waals surface area contributed by atoms with E-state index in [1.165, 1.54) is 12.1 Å². The Labute approximate surface area is 103 Å². The summed E-state index contributed by atoms with van der Waals surface area (Å²) in [5.41, 5.74) is 1.02. The molecule has 1 heterocycles. The lowest BCUT2D eigenvalue weighted by Gasteiger charge is -2.00. The number of nitrogens with zero attached hydrogens (tertiary/aromatic N) is 1. The van der Waals surface area contributed by atoms with Gasteiger partial charge in [0.15, 0.2) is 5.76 Å². The predicted octanol–water partition coefficient (Wildman–Crippen LogP) is 2.35. The average Bonchev–Trinajstić information content (AvgIpc) is 2.83. The molecule has 1 aromatic carbocycles. The van der Waals surface area contributed by atoms with Crippen LogP contribution < -0.4 is 4.74 Å². The lowest BCUT2D eigenvalue weighted by atomic mass is 10.2. The van der Waals surface area contributed by atoms with Gasteiger partial charge in [-0.05, 0) is 16.8 Å². The van der Waals surface area contributed by atoms with Crippen LogP contribution in [0.1, 0.15) is 11.3 Å². The Kier molecular flexibility index (Phi) is 3.76. The van der Waals surface area contributed by atoms with Crippen LogP contribution in [0.25, 0.3) is 6.08 Å². The van der Waals surface area contributed by atoms with Gasteiger partial charge in [0.05, 0.1) is 0 Å². The summed E-state index contributed by atoms with van der Waals surface area (Å²) in [6.45, 7) is 0.384. The van der Waals surface area contributed by atoms with Gasteiger partial charge in [-0.3, -0.25) is 0 Å². The molecule has 18 heavy (non-hydrogen) atoms. The highest BCUT2D eigenvalue weighted by atomic mass is 16.5. The summed E-state index contributed by atoms with van der Waals surface area (Å²) in [7, 11) is 0. The standard InChI is InChI=1S/C13H11NO4/c15-13(16)7-6-11-8-12(14-18-11)17-9-10-4-2-1-3-5-10/h1-8H,9H2,(H,15,16)/b7-6+. The second kappa shape index (κ2) is 5.67. The molecule has 0 aliphatic rings. The molecule has 1 aromatic heterocycles. The van der Waals surface area contributed by atoms with Gasteiger partial charge in [0.2, 0.25) is 0 Å². The van der Waals surface area contributed by atoms with E-state index >= 15 is 0 Å². The smallest absolute Gasteiger partial charge is 0.328 e. The van der Waals surface area contributed by atoms with Gasteiger partial charge >= 0.3 is 5.97 Å². The molecule has 2 aromatic rings. The molecule has 2 rings (SSSR count). The zero-order chi connectivity index (χ0) is 12.8. The number of aliphatic carboxylic acids is 1. The number of hydrogen-bond acceptors (Lipinski definition) is 4. The molecular weight excluding hydrogens is 234 g/mol. The fourth-order valence-electron chi connectivity index (χ4n) is 1.30. The first-order chi connectivity index (χ1) is 8.74. The molecule has 92 valence electrons. The maximum absolute atomic E-state index is 10.3. The first-order valence-corrected chi connectivity index (χ1v) is 5.28. The van der Waals surface area contributed by atoms with Crippen LogP contribution in [-0.2, 0) is 11.4 Å². The minimum atomic E-state index is -1.04. The molecule has 5 heteroatoms. The lowest BCUT2D eigenvalue weighted by molar-refractivity contribution is -0.131. The van der Waals surface area contributed by atoms with Crippen molar-refractivity contribution in [1.82, 2.24) is 5.16 Å². The van der Waals surface area contributed by atoms with E-state index in [2.05, 4.69) is 5.16 Å². The van der Waals surface area contributed by atoms with E-state index < -0.39 is 5.97 Å². The minimum Gasteiger partial charge on any atom is -0.478 e. The van der Waals surface area contributed by atoms with Crippen molar-refractivity contribution in [3.8, 4) is 5.88 Å². The van der Waals surface area contributed by atoms with Gasteiger partial charge in [-0.2, -0.15) is 0 Å². The highest BCUT2D eigenvalue weighted by Crippen LogP contribution is 2.14. The Balaban J connectivity index is 1.93. The van der Waals surface area contributed by atoms with E-state index in [0.717, 1.165) is 11.6 Å². The third-order valence-electron chi connectivity index (χ3n) is 2.13. The maximum atomic E-state index is 10.3. The van der Waals surface area contributed by atoms with Crippen LogP contribution in [0.5, 0.6) is 5.88 Å². The van der Waals surface area contributed by atoms with E-state index in [0.29, 0.717) is 18.2 Å². The Hall–Kier alpha value is -2.56. The number of aromatic nitrogens is 1. The van der Waals surface area contributed by atoms with Crippen molar-refractivity contribution in [3.63, 3.8) is 0 Å². The molecular formula is C13H11NO4. The van der Waals surface area contributed by atoms with Gasteiger partial charge in [0.25, 0.3) is 5.88 Å². The Morgan fingerprint density at radius 1 is 1.39 bits per heavy atom. The third kappa shape index (κ3) is 3.48. The van der Waals surface area contributed by atoms with Crippen molar-refractivity contribution < 1.29 is 19.2 Å². The summed E-state index contributed by atoms with van der Waals surface area (Å²) in [5.74, 6) is -0.387. The van der Waals surface area contributed by atoms with Crippen LogP contribution in [0.3, 0.4) is 0 Å². The van der Waals surface area contributed by atoms with Gasteiger partial charge in [-0.1, -0.05) is 30.3 Å². The Bertz CT molecular complexity index is 545. The van der Waals surface area contributed by atoms with Gasteiger partial charge in [-0.25, -0.2) is 4.79 Å². The van der Waals surface area contributed by atoms with Crippen molar-refractivity contribution in [3.05, 3.63) is 53.8 Å². The van der Waals surface area contributed by atoms with E-state index in [1.807, 2.05) is 30.3 Å². The largest absolute Gasteiger partial charge is 0.478 e. The molecule has 0 unspecified atom stereocenters. The summed E-state index contributed by atoms with van der Waals surface area (Å²) in [4.78, 5) is 10.3. The molecule has 5 nitrogen and oxygen atoms in total. The fraction of sp³-hybridized carbons (Fsp3) is 0.0769. The van der Waals surface area contributed by atoms with Crippen LogP contribution in [-0.4, -0.2) is 16.2 Å². The van der Waals surface area contributed by atoms with Gasteiger partial charge in [0, 0.05) is 12.1 Å². The third-order valence-corrected chi connectivity index (χ3v) is 2.13. The van der Waals surface area contributed by atoms with E-state index in [9.17, 15) is 4.79 Å². The number of rotatable bonds is 5.